The lowest BCUT2D eigenvalue weighted by Crippen LogP contribution is -2.00. The molecule has 0 bridgehead atoms. The van der Waals surface area contributed by atoms with Crippen molar-refractivity contribution >= 4 is 67.4 Å². The molecule has 1 nitrogen and oxygen atoms in total. The van der Waals surface area contributed by atoms with Crippen LogP contribution in [0.3, 0.4) is 0 Å². The normalized spacial score (nSPS) is 10.4. The third-order valence-electron chi connectivity index (χ3n) is 2.42. The second-order valence-electron chi connectivity index (χ2n) is 3.71. The number of hydrogen-bond acceptors (Lipinski definition) is 1. The first-order valence-electron chi connectivity index (χ1n) is 5.19. The average molecular weight is 457 g/mol. The maximum atomic E-state index is 6.16. The highest BCUT2D eigenvalue weighted by Gasteiger charge is 2.03. The Hall–Kier alpha value is 0.0300. The zero-order valence-corrected chi connectivity index (χ0v) is 14.4. The van der Waals surface area contributed by atoms with Gasteiger partial charge in [-0.15, -0.1) is 0 Å². The molecule has 0 spiro atoms. The fraction of sp³-hybridized carbons (Fsp3) is 0.0769. The Balaban J connectivity index is 2.11. The Morgan fingerprint density at radius 2 is 1.89 bits per heavy atom. The summed E-state index contributed by atoms with van der Waals surface area (Å²) < 4.78 is 2.11. The van der Waals surface area contributed by atoms with Crippen LogP contribution in [-0.2, 0) is 6.54 Å². The van der Waals surface area contributed by atoms with Gasteiger partial charge in [0, 0.05) is 19.6 Å². The molecular formula is C13H9BrCl2IN. The molecule has 0 aliphatic carbocycles. The molecule has 0 aromatic heterocycles. The predicted octanol–water partition coefficient (Wildman–Crippen LogP) is 5.97. The maximum absolute atomic E-state index is 6.16. The van der Waals surface area contributed by atoms with Gasteiger partial charge in [-0.25, -0.2) is 0 Å². The van der Waals surface area contributed by atoms with Crippen LogP contribution >= 0.6 is 61.7 Å². The summed E-state index contributed by atoms with van der Waals surface area (Å²) in [6.45, 7) is 0.693. The van der Waals surface area contributed by atoms with Crippen molar-refractivity contribution in [3.8, 4) is 0 Å². The Kier molecular flexibility index (Phi) is 5.18. The molecule has 0 radical (unpaired) electrons. The summed E-state index contributed by atoms with van der Waals surface area (Å²) in [4.78, 5) is 0. The maximum Gasteiger partial charge on any atom is 0.0648 e. The van der Waals surface area contributed by atoms with E-state index in [1.807, 2.05) is 36.4 Å². The summed E-state index contributed by atoms with van der Waals surface area (Å²) in [5.74, 6) is 0. The molecule has 0 heterocycles. The highest BCUT2D eigenvalue weighted by Crippen LogP contribution is 2.26. The number of benzene rings is 2. The van der Waals surface area contributed by atoms with Crippen LogP contribution in [0.5, 0.6) is 0 Å². The summed E-state index contributed by atoms with van der Waals surface area (Å²) in [6, 6.07) is 11.7. The van der Waals surface area contributed by atoms with Crippen molar-refractivity contribution in [2.45, 2.75) is 6.54 Å². The van der Waals surface area contributed by atoms with E-state index in [0.29, 0.717) is 6.54 Å². The van der Waals surface area contributed by atoms with Gasteiger partial charge in [-0.05, 0) is 58.5 Å². The highest BCUT2D eigenvalue weighted by atomic mass is 127. The third kappa shape index (κ3) is 3.76. The van der Waals surface area contributed by atoms with Crippen LogP contribution in [0.2, 0.25) is 10.0 Å². The van der Waals surface area contributed by atoms with E-state index in [1.165, 1.54) is 0 Å². The van der Waals surface area contributed by atoms with E-state index in [-0.39, 0.29) is 0 Å². The van der Waals surface area contributed by atoms with Crippen molar-refractivity contribution in [1.29, 1.82) is 0 Å². The van der Waals surface area contributed by atoms with Gasteiger partial charge in [0.25, 0.3) is 0 Å². The van der Waals surface area contributed by atoms with E-state index in [9.17, 15) is 0 Å². The SMILES string of the molecule is Clc1ccc(CNc2ccc(I)cc2Cl)c(Br)c1. The van der Waals surface area contributed by atoms with E-state index in [0.717, 1.165) is 29.3 Å². The van der Waals surface area contributed by atoms with Crippen molar-refractivity contribution in [2.24, 2.45) is 0 Å². The molecule has 0 unspecified atom stereocenters. The lowest BCUT2D eigenvalue weighted by Gasteiger charge is -2.10. The van der Waals surface area contributed by atoms with Gasteiger partial charge in [0.15, 0.2) is 0 Å². The summed E-state index contributed by atoms with van der Waals surface area (Å²) >= 11 is 17.8. The Morgan fingerprint density at radius 3 is 2.56 bits per heavy atom. The van der Waals surface area contributed by atoms with E-state index >= 15 is 0 Å². The van der Waals surface area contributed by atoms with Crippen molar-refractivity contribution in [2.75, 3.05) is 5.32 Å². The molecule has 2 aromatic carbocycles. The number of rotatable bonds is 3. The summed E-state index contributed by atoms with van der Waals surface area (Å²) in [7, 11) is 0. The fourth-order valence-electron chi connectivity index (χ4n) is 1.49. The molecule has 2 rings (SSSR count). The van der Waals surface area contributed by atoms with Crippen molar-refractivity contribution in [3.63, 3.8) is 0 Å². The van der Waals surface area contributed by atoms with Gasteiger partial charge in [0.1, 0.15) is 0 Å². The van der Waals surface area contributed by atoms with E-state index in [4.69, 9.17) is 23.2 Å². The standard InChI is InChI=1S/C13H9BrCl2IN/c14-11-5-9(15)2-1-8(11)7-18-13-4-3-10(17)6-12(13)16/h1-6,18H,7H2. The van der Waals surface area contributed by atoms with Crippen molar-refractivity contribution in [3.05, 3.63) is 60.0 Å². The smallest absolute Gasteiger partial charge is 0.0648 e. The molecule has 5 heteroatoms. The van der Waals surface area contributed by atoms with Gasteiger partial charge in [-0.2, -0.15) is 0 Å². The zero-order valence-electron chi connectivity index (χ0n) is 9.18. The molecular weight excluding hydrogens is 448 g/mol. The average Bonchev–Trinajstić information content (AvgIpc) is 2.30. The molecule has 1 N–H and O–H groups in total. The predicted molar refractivity (Wildman–Crippen MR) is 90.6 cm³/mol. The van der Waals surface area contributed by atoms with Crippen LogP contribution in [-0.4, -0.2) is 0 Å². The quantitative estimate of drug-likeness (QED) is 0.561. The number of halogens is 4. The van der Waals surface area contributed by atoms with Gasteiger partial charge in [0.2, 0.25) is 0 Å². The van der Waals surface area contributed by atoms with Gasteiger partial charge in [-0.1, -0.05) is 45.2 Å². The fourth-order valence-corrected chi connectivity index (χ4v) is 3.23. The minimum Gasteiger partial charge on any atom is -0.380 e. The Bertz CT molecular complexity index is 523. The Morgan fingerprint density at radius 1 is 1.11 bits per heavy atom. The molecule has 0 fully saturated rings. The summed E-state index contributed by atoms with van der Waals surface area (Å²) in [6.07, 6.45) is 0. The lowest BCUT2D eigenvalue weighted by molar-refractivity contribution is 1.14. The summed E-state index contributed by atoms with van der Waals surface area (Å²) in [5, 5.41) is 4.76. The van der Waals surface area contributed by atoms with Crippen LogP contribution in [0.25, 0.3) is 0 Å². The number of anilines is 1. The van der Waals surface area contributed by atoms with Crippen LogP contribution in [0.15, 0.2) is 40.9 Å². The second-order valence-corrected chi connectivity index (χ2v) is 6.66. The Labute approximate surface area is 138 Å². The van der Waals surface area contributed by atoms with E-state index in [2.05, 4.69) is 43.8 Å². The molecule has 0 saturated carbocycles. The zero-order chi connectivity index (χ0) is 13.1. The molecule has 0 atom stereocenters. The van der Waals surface area contributed by atoms with Crippen LogP contribution < -0.4 is 5.32 Å². The number of hydrogen-bond donors (Lipinski definition) is 1. The number of nitrogens with one attached hydrogen (secondary N) is 1. The van der Waals surface area contributed by atoms with Crippen LogP contribution in [0.1, 0.15) is 5.56 Å². The molecule has 0 saturated heterocycles. The first-order valence-corrected chi connectivity index (χ1v) is 7.82. The molecule has 0 aliphatic heterocycles. The third-order valence-corrected chi connectivity index (χ3v) is 4.37. The van der Waals surface area contributed by atoms with Crippen LogP contribution in [0.4, 0.5) is 5.69 Å². The minimum absolute atomic E-state index is 0.693. The lowest BCUT2D eigenvalue weighted by atomic mass is 10.2. The van der Waals surface area contributed by atoms with Crippen molar-refractivity contribution < 1.29 is 0 Å². The largest absolute Gasteiger partial charge is 0.380 e. The highest BCUT2D eigenvalue weighted by molar-refractivity contribution is 14.1. The topological polar surface area (TPSA) is 12.0 Å². The van der Waals surface area contributed by atoms with Gasteiger partial charge < -0.3 is 5.32 Å². The first kappa shape index (κ1) is 14.4. The van der Waals surface area contributed by atoms with Crippen molar-refractivity contribution in [1.82, 2.24) is 0 Å². The van der Waals surface area contributed by atoms with Gasteiger partial charge >= 0.3 is 0 Å². The second kappa shape index (κ2) is 6.46. The molecule has 94 valence electrons. The molecule has 2 aromatic rings. The van der Waals surface area contributed by atoms with Crippen LogP contribution in [0, 0.1) is 3.57 Å². The molecule has 18 heavy (non-hydrogen) atoms. The molecule has 0 aliphatic rings. The first-order chi connectivity index (χ1) is 8.56. The minimum atomic E-state index is 0.693. The van der Waals surface area contributed by atoms with E-state index < -0.39 is 0 Å². The monoisotopic (exact) mass is 455 g/mol. The van der Waals surface area contributed by atoms with Gasteiger partial charge in [-0.3, -0.25) is 0 Å². The molecule has 0 amide bonds. The van der Waals surface area contributed by atoms with E-state index in [1.54, 1.807) is 0 Å². The summed E-state index contributed by atoms with van der Waals surface area (Å²) in [5.41, 5.74) is 2.06. The van der Waals surface area contributed by atoms with Gasteiger partial charge in [0.05, 0.1) is 10.7 Å².